The highest BCUT2D eigenvalue weighted by Crippen LogP contribution is 2.26. The number of benzene rings is 2. The first-order valence-corrected chi connectivity index (χ1v) is 9.43. The minimum Gasteiger partial charge on any atom is -0.508 e. The standard InChI is InChI=1S/C19H16BrClN4O3/c1-10(11-6-8-12(26)9-7-11)22-19(28)16-15(20)17(25-24-16)23-18(27)13-4-2-3-5-14(13)21/h2-10,26H,1H3,(H,22,28)(H2,23,24,25,27). The third-order valence-corrected chi connectivity index (χ3v) is 5.13. The molecule has 0 aliphatic heterocycles. The molecular formula is C19H16BrClN4O3. The van der Waals surface area contributed by atoms with E-state index in [4.69, 9.17) is 11.6 Å². The van der Waals surface area contributed by atoms with E-state index in [1.54, 1.807) is 48.5 Å². The summed E-state index contributed by atoms with van der Waals surface area (Å²) >= 11 is 9.32. The number of phenols is 1. The van der Waals surface area contributed by atoms with Gasteiger partial charge in [0, 0.05) is 0 Å². The average molecular weight is 464 g/mol. The van der Waals surface area contributed by atoms with Gasteiger partial charge in [-0.25, -0.2) is 0 Å². The zero-order chi connectivity index (χ0) is 20.3. The summed E-state index contributed by atoms with van der Waals surface area (Å²) in [4.78, 5) is 24.9. The lowest BCUT2D eigenvalue weighted by atomic mass is 10.1. The van der Waals surface area contributed by atoms with Gasteiger partial charge in [-0.1, -0.05) is 35.9 Å². The largest absolute Gasteiger partial charge is 0.508 e. The Bertz CT molecular complexity index is 1020. The van der Waals surface area contributed by atoms with Crippen molar-refractivity contribution in [2.45, 2.75) is 13.0 Å². The van der Waals surface area contributed by atoms with Gasteiger partial charge in [-0.3, -0.25) is 14.7 Å². The predicted molar refractivity (Wildman–Crippen MR) is 110 cm³/mol. The fourth-order valence-corrected chi connectivity index (χ4v) is 3.18. The fourth-order valence-electron chi connectivity index (χ4n) is 2.50. The number of phenolic OH excluding ortho intramolecular Hbond substituents is 1. The summed E-state index contributed by atoms with van der Waals surface area (Å²) in [6.45, 7) is 1.81. The maximum absolute atomic E-state index is 12.5. The number of H-pyrrole nitrogens is 1. The smallest absolute Gasteiger partial charge is 0.271 e. The Labute approximate surface area is 174 Å². The van der Waals surface area contributed by atoms with Crippen LogP contribution in [-0.2, 0) is 0 Å². The van der Waals surface area contributed by atoms with Crippen molar-refractivity contribution < 1.29 is 14.7 Å². The van der Waals surface area contributed by atoms with Crippen molar-refractivity contribution in [3.8, 4) is 5.75 Å². The zero-order valence-corrected chi connectivity index (χ0v) is 17.0. The van der Waals surface area contributed by atoms with Crippen molar-refractivity contribution in [1.82, 2.24) is 15.5 Å². The summed E-state index contributed by atoms with van der Waals surface area (Å²) in [5.41, 5.74) is 1.29. The monoisotopic (exact) mass is 462 g/mol. The van der Waals surface area contributed by atoms with Gasteiger partial charge in [0.1, 0.15) is 11.4 Å². The Hall–Kier alpha value is -2.84. The van der Waals surface area contributed by atoms with Crippen LogP contribution in [0.4, 0.5) is 5.82 Å². The SMILES string of the molecule is CC(NC(=O)c1[nH]nc(NC(=O)c2ccccc2Cl)c1Br)c1ccc(O)cc1. The Kier molecular flexibility index (Phi) is 6.01. The van der Waals surface area contributed by atoms with Gasteiger partial charge in [0.25, 0.3) is 11.8 Å². The van der Waals surface area contributed by atoms with Crippen molar-refractivity contribution in [3.05, 3.63) is 74.8 Å². The van der Waals surface area contributed by atoms with Gasteiger partial charge in [0.15, 0.2) is 5.82 Å². The maximum atomic E-state index is 12.5. The van der Waals surface area contributed by atoms with Gasteiger partial charge in [0.05, 0.1) is 21.1 Å². The molecule has 1 heterocycles. The van der Waals surface area contributed by atoms with Crippen LogP contribution in [0.25, 0.3) is 0 Å². The Morgan fingerprint density at radius 1 is 1.14 bits per heavy atom. The van der Waals surface area contributed by atoms with Crippen LogP contribution in [0.3, 0.4) is 0 Å². The van der Waals surface area contributed by atoms with Crippen LogP contribution in [0.15, 0.2) is 53.0 Å². The van der Waals surface area contributed by atoms with Gasteiger partial charge in [-0.15, -0.1) is 0 Å². The lowest BCUT2D eigenvalue weighted by molar-refractivity contribution is 0.0933. The number of carbonyl (C=O) groups is 2. The molecule has 28 heavy (non-hydrogen) atoms. The molecule has 4 N–H and O–H groups in total. The molecule has 1 aromatic heterocycles. The van der Waals surface area contributed by atoms with Crippen LogP contribution in [0.2, 0.25) is 5.02 Å². The summed E-state index contributed by atoms with van der Waals surface area (Å²) in [6.07, 6.45) is 0. The number of hydrogen-bond donors (Lipinski definition) is 4. The second-order valence-corrected chi connectivity index (χ2v) is 7.18. The lowest BCUT2D eigenvalue weighted by Gasteiger charge is -2.14. The number of carbonyl (C=O) groups excluding carboxylic acids is 2. The molecule has 7 nitrogen and oxygen atoms in total. The number of nitrogens with one attached hydrogen (secondary N) is 3. The minimum atomic E-state index is -0.442. The van der Waals surface area contributed by atoms with Gasteiger partial charge >= 0.3 is 0 Å². The van der Waals surface area contributed by atoms with E-state index in [0.717, 1.165) is 5.56 Å². The van der Waals surface area contributed by atoms with Crippen molar-refractivity contribution in [2.24, 2.45) is 0 Å². The summed E-state index contributed by atoms with van der Waals surface area (Å²) in [6, 6.07) is 12.9. The Morgan fingerprint density at radius 3 is 2.50 bits per heavy atom. The first-order chi connectivity index (χ1) is 13.4. The van der Waals surface area contributed by atoms with E-state index in [-0.39, 0.29) is 23.3 Å². The highest BCUT2D eigenvalue weighted by atomic mass is 79.9. The second kappa shape index (κ2) is 8.45. The van der Waals surface area contributed by atoms with Crippen molar-refractivity contribution >= 4 is 45.2 Å². The van der Waals surface area contributed by atoms with Crippen LogP contribution in [-0.4, -0.2) is 27.1 Å². The molecule has 3 aromatic rings. The molecule has 2 amide bonds. The van der Waals surface area contributed by atoms with Crippen LogP contribution < -0.4 is 10.6 Å². The molecule has 144 valence electrons. The number of aromatic nitrogens is 2. The van der Waals surface area contributed by atoms with Crippen molar-refractivity contribution in [3.63, 3.8) is 0 Å². The summed E-state index contributed by atoms with van der Waals surface area (Å²) in [5, 5.41) is 21.7. The van der Waals surface area contributed by atoms with Gasteiger partial charge in [-0.2, -0.15) is 5.10 Å². The van der Waals surface area contributed by atoms with Crippen LogP contribution in [0, 0.1) is 0 Å². The quantitative estimate of drug-likeness (QED) is 0.453. The molecule has 1 atom stereocenters. The summed E-state index contributed by atoms with van der Waals surface area (Å²) < 4.78 is 0.323. The third kappa shape index (κ3) is 4.35. The van der Waals surface area contributed by atoms with Crippen LogP contribution in [0.1, 0.15) is 39.4 Å². The molecule has 0 radical (unpaired) electrons. The fraction of sp³-hybridized carbons (Fsp3) is 0.105. The molecule has 3 rings (SSSR count). The molecule has 1 unspecified atom stereocenters. The minimum absolute atomic E-state index is 0.150. The second-order valence-electron chi connectivity index (χ2n) is 5.98. The van der Waals surface area contributed by atoms with E-state index < -0.39 is 11.8 Å². The first kappa shape index (κ1) is 19.9. The van der Waals surface area contributed by atoms with Crippen LogP contribution in [0.5, 0.6) is 5.75 Å². The number of aromatic hydroxyl groups is 1. The third-order valence-electron chi connectivity index (χ3n) is 4.03. The van der Waals surface area contributed by atoms with E-state index >= 15 is 0 Å². The number of rotatable bonds is 5. The van der Waals surface area contributed by atoms with E-state index in [9.17, 15) is 14.7 Å². The van der Waals surface area contributed by atoms with E-state index in [1.807, 2.05) is 6.92 Å². The normalized spacial score (nSPS) is 11.7. The molecule has 9 heteroatoms. The molecule has 0 fully saturated rings. The number of nitrogens with zero attached hydrogens (tertiary/aromatic N) is 1. The van der Waals surface area contributed by atoms with E-state index in [2.05, 4.69) is 36.8 Å². The zero-order valence-electron chi connectivity index (χ0n) is 14.7. The number of halogens is 2. The molecule has 0 saturated carbocycles. The number of anilines is 1. The van der Waals surface area contributed by atoms with Gasteiger partial charge < -0.3 is 15.7 Å². The topological polar surface area (TPSA) is 107 Å². The molecule has 0 aliphatic rings. The predicted octanol–water partition coefficient (Wildman–Crippen LogP) is 4.27. The van der Waals surface area contributed by atoms with E-state index in [0.29, 0.717) is 15.1 Å². The van der Waals surface area contributed by atoms with Crippen LogP contribution >= 0.6 is 27.5 Å². The number of hydrogen-bond acceptors (Lipinski definition) is 4. The maximum Gasteiger partial charge on any atom is 0.271 e. The van der Waals surface area contributed by atoms with Crippen molar-refractivity contribution in [2.75, 3.05) is 5.32 Å². The Morgan fingerprint density at radius 2 is 1.82 bits per heavy atom. The van der Waals surface area contributed by atoms with Crippen molar-refractivity contribution in [1.29, 1.82) is 0 Å². The lowest BCUT2D eigenvalue weighted by Crippen LogP contribution is -2.27. The molecule has 0 spiro atoms. The summed E-state index contributed by atoms with van der Waals surface area (Å²) in [7, 11) is 0. The highest BCUT2D eigenvalue weighted by molar-refractivity contribution is 9.10. The Balaban J connectivity index is 1.71. The van der Waals surface area contributed by atoms with Gasteiger partial charge in [0.2, 0.25) is 0 Å². The molecular weight excluding hydrogens is 448 g/mol. The summed E-state index contributed by atoms with van der Waals surface area (Å²) in [5.74, 6) is -0.523. The first-order valence-electron chi connectivity index (χ1n) is 8.26. The molecule has 0 saturated heterocycles. The highest BCUT2D eigenvalue weighted by Gasteiger charge is 2.21. The van der Waals surface area contributed by atoms with E-state index in [1.165, 1.54) is 0 Å². The molecule has 0 bridgehead atoms. The average Bonchev–Trinajstić information content (AvgIpc) is 3.03. The number of amides is 2. The molecule has 2 aromatic carbocycles. The molecule has 0 aliphatic carbocycles. The number of aromatic amines is 1. The van der Waals surface area contributed by atoms with Gasteiger partial charge in [-0.05, 0) is 52.7 Å².